The number of benzene rings is 1. The van der Waals surface area contributed by atoms with E-state index in [1.165, 1.54) is 44.9 Å². The van der Waals surface area contributed by atoms with Gasteiger partial charge in [-0.15, -0.1) is 0 Å². The van der Waals surface area contributed by atoms with E-state index in [2.05, 4.69) is 13.8 Å². The van der Waals surface area contributed by atoms with E-state index in [-0.39, 0.29) is 5.41 Å². The van der Waals surface area contributed by atoms with Gasteiger partial charge in [0.05, 0.1) is 0 Å². The maximum Gasteiger partial charge on any atom is 0.165 e. The van der Waals surface area contributed by atoms with Gasteiger partial charge >= 0.3 is 0 Å². The molecular weight excluding hydrogens is 428 g/mol. The SMILES string of the molecule is C[C@]12CCCC[C@H]1CC[C@@H]1[C@@H]2CC[C@]2(C)C(=O)/C(=C\c3ccc(-c4cccc(Cl)c4)o3)C[C@@H]12. The van der Waals surface area contributed by atoms with Crippen LogP contribution in [-0.4, -0.2) is 5.78 Å². The zero-order valence-corrected chi connectivity index (χ0v) is 20.7. The Morgan fingerprint density at radius 3 is 2.73 bits per heavy atom. The molecular formula is C30H35ClO2. The maximum absolute atomic E-state index is 13.7. The van der Waals surface area contributed by atoms with Gasteiger partial charge in [-0.3, -0.25) is 4.79 Å². The summed E-state index contributed by atoms with van der Waals surface area (Å²) in [5.41, 5.74) is 2.26. The van der Waals surface area contributed by atoms with Crippen LogP contribution in [0.5, 0.6) is 0 Å². The summed E-state index contributed by atoms with van der Waals surface area (Å²) in [6.45, 7) is 4.87. The van der Waals surface area contributed by atoms with E-state index in [4.69, 9.17) is 16.0 Å². The first-order chi connectivity index (χ1) is 15.9. The van der Waals surface area contributed by atoms with Crippen LogP contribution in [0.2, 0.25) is 5.02 Å². The zero-order valence-electron chi connectivity index (χ0n) is 19.9. The van der Waals surface area contributed by atoms with Crippen LogP contribution in [0, 0.1) is 34.5 Å². The molecule has 0 bridgehead atoms. The Morgan fingerprint density at radius 1 is 1.00 bits per heavy atom. The number of hydrogen-bond acceptors (Lipinski definition) is 2. The number of halogens is 1. The number of carbonyl (C=O) groups excluding carboxylic acids is 1. The van der Waals surface area contributed by atoms with Gasteiger partial charge in [-0.2, -0.15) is 0 Å². The fraction of sp³-hybridized carbons (Fsp3) is 0.567. The van der Waals surface area contributed by atoms with Gasteiger partial charge < -0.3 is 4.42 Å². The summed E-state index contributed by atoms with van der Waals surface area (Å²) in [6.07, 6.45) is 13.6. The Bertz CT molecular complexity index is 1110. The predicted molar refractivity (Wildman–Crippen MR) is 134 cm³/mol. The van der Waals surface area contributed by atoms with E-state index < -0.39 is 0 Å². The Kier molecular flexibility index (Phi) is 5.18. The number of carbonyl (C=O) groups is 1. The van der Waals surface area contributed by atoms with Crippen molar-refractivity contribution < 1.29 is 9.21 Å². The molecule has 4 fully saturated rings. The first-order valence-electron chi connectivity index (χ1n) is 13.0. The topological polar surface area (TPSA) is 30.2 Å². The third-order valence-electron chi connectivity index (χ3n) is 10.3. The Morgan fingerprint density at radius 2 is 1.88 bits per heavy atom. The molecule has 0 aliphatic heterocycles. The van der Waals surface area contributed by atoms with Crippen molar-refractivity contribution in [1.82, 2.24) is 0 Å². The first-order valence-corrected chi connectivity index (χ1v) is 13.4. The third-order valence-corrected chi connectivity index (χ3v) is 10.5. The fourth-order valence-corrected chi connectivity index (χ4v) is 8.68. The lowest BCUT2D eigenvalue weighted by molar-refractivity contribution is -0.137. The molecule has 0 unspecified atom stereocenters. The largest absolute Gasteiger partial charge is 0.457 e. The smallest absolute Gasteiger partial charge is 0.165 e. The van der Waals surface area contributed by atoms with E-state index in [0.29, 0.717) is 28.1 Å². The van der Waals surface area contributed by atoms with Gasteiger partial charge in [-0.1, -0.05) is 50.4 Å². The van der Waals surface area contributed by atoms with Gasteiger partial charge in [0.15, 0.2) is 5.78 Å². The lowest BCUT2D eigenvalue weighted by Crippen LogP contribution is -2.52. The van der Waals surface area contributed by atoms with Crippen LogP contribution >= 0.6 is 11.6 Å². The highest BCUT2D eigenvalue weighted by molar-refractivity contribution is 6.30. The molecule has 0 amide bonds. The Labute approximate surface area is 202 Å². The summed E-state index contributed by atoms with van der Waals surface area (Å²) >= 11 is 6.15. The van der Waals surface area contributed by atoms with Crippen LogP contribution in [0.4, 0.5) is 0 Å². The Balaban J connectivity index is 1.28. The number of furan rings is 1. The summed E-state index contributed by atoms with van der Waals surface area (Å²) in [5.74, 6) is 4.87. The molecule has 4 saturated carbocycles. The van der Waals surface area contributed by atoms with E-state index in [0.717, 1.165) is 47.3 Å². The van der Waals surface area contributed by atoms with E-state index >= 15 is 0 Å². The minimum Gasteiger partial charge on any atom is -0.457 e. The molecule has 6 rings (SSSR count). The van der Waals surface area contributed by atoms with Crippen molar-refractivity contribution in [2.75, 3.05) is 0 Å². The van der Waals surface area contributed by atoms with Crippen LogP contribution in [0.1, 0.15) is 77.4 Å². The normalized spacial score (nSPS) is 39.2. The number of Topliss-reactive ketones (excluding diaryl/α,β-unsaturated/α-hetero) is 1. The monoisotopic (exact) mass is 462 g/mol. The number of rotatable bonds is 2. The highest BCUT2D eigenvalue weighted by Gasteiger charge is 2.60. The molecule has 33 heavy (non-hydrogen) atoms. The summed E-state index contributed by atoms with van der Waals surface area (Å²) in [7, 11) is 0. The van der Waals surface area contributed by atoms with Crippen LogP contribution in [0.15, 0.2) is 46.4 Å². The molecule has 1 aromatic carbocycles. The standard InChI is InChI=1S/C30H35ClO2/c1-29-14-4-3-7-21(29)9-11-24-25(29)13-15-30(2)26(24)18-20(28(30)32)17-23-10-12-27(33-23)19-6-5-8-22(31)16-19/h5-6,8,10,12,16-17,21,24-26H,3-4,7,9,11,13-15,18H2,1-2H3/b20-17-/t21-,24+,25-,26-,29-,30-/m0/s1. The van der Waals surface area contributed by atoms with Crippen LogP contribution in [0.3, 0.4) is 0 Å². The van der Waals surface area contributed by atoms with Crippen LogP contribution in [-0.2, 0) is 4.79 Å². The second kappa shape index (κ2) is 7.87. The minimum absolute atomic E-state index is 0.187. The maximum atomic E-state index is 13.7. The molecule has 2 nitrogen and oxygen atoms in total. The molecule has 0 N–H and O–H groups in total. The molecule has 1 aromatic heterocycles. The second-order valence-electron chi connectivity index (χ2n) is 11.8. The molecule has 4 aliphatic carbocycles. The molecule has 2 aromatic rings. The average molecular weight is 463 g/mol. The molecule has 0 saturated heterocycles. The van der Waals surface area contributed by atoms with Crippen molar-refractivity contribution in [3.8, 4) is 11.3 Å². The third kappa shape index (κ3) is 3.39. The minimum atomic E-state index is -0.187. The molecule has 0 spiro atoms. The number of ketones is 1. The van der Waals surface area contributed by atoms with Crippen molar-refractivity contribution in [3.63, 3.8) is 0 Å². The number of fused-ring (bicyclic) bond motifs is 5. The molecule has 3 heteroatoms. The lowest BCUT2D eigenvalue weighted by Gasteiger charge is -2.59. The van der Waals surface area contributed by atoms with Gasteiger partial charge in [0.1, 0.15) is 11.5 Å². The van der Waals surface area contributed by atoms with Crippen molar-refractivity contribution in [2.24, 2.45) is 34.5 Å². The van der Waals surface area contributed by atoms with Gasteiger partial charge in [0.2, 0.25) is 0 Å². The van der Waals surface area contributed by atoms with Gasteiger partial charge in [0.25, 0.3) is 0 Å². The summed E-state index contributed by atoms with van der Waals surface area (Å²) < 4.78 is 6.13. The van der Waals surface area contributed by atoms with E-state index in [1.54, 1.807) is 0 Å². The van der Waals surface area contributed by atoms with Crippen molar-refractivity contribution in [1.29, 1.82) is 0 Å². The number of allylic oxidation sites excluding steroid dienone is 1. The van der Waals surface area contributed by atoms with Gasteiger partial charge in [-0.25, -0.2) is 0 Å². The summed E-state index contributed by atoms with van der Waals surface area (Å²) in [4.78, 5) is 13.7. The molecule has 6 atom stereocenters. The highest BCUT2D eigenvalue weighted by atomic mass is 35.5. The molecule has 1 heterocycles. The predicted octanol–water partition coefficient (Wildman–Crippen LogP) is 8.60. The highest BCUT2D eigenvalue weighted by Crippen LogP contribution is 2.66. The first kappa shape index (κ1) is 21.7. The van der Waals surface area contributed by atoms with E-state index in [1.807, 2.05) is 42.5 Å². The van der Waals surface area contributed by atoms with Crippen LogP contribution < -0.4 is 0 Å². The van der Waals surface area contributed by atoms with Crippen molar-refractivity contribution in [3.05, 3.63) is 52.8 Å². The molecule has 4 aliphatic rings. The van der Waals surface area contributed by atoms with Crippen LogP contribution in [0.25, 0.3) is 17.4 Å². The lowest BCUT2D eigenvalue weighted by atomic mass is 9.45. The van der Waals surface area contributed by atoms with Crippen molar-refractivity contribution >= 4 is 23.5 Å². The summed E-state index contributed by atoms with van der Waals surface area (Å²) in [6, 6.07) is 11.7. The van der Waals surface area contributed by atoms with Gasteiger partial charge in [0, 0.05) is 16.0 Å². The quantitative estimate of drug-likeness (QED) is 0.418. The number of hydrogen-bond donors (Lipinski definition) is 0. The molecule has 174 valence electrons. The fourth-order valence-electron chi connectivity index (χ4n) is 8.49. The average Bonchev–Trinajstić information content (AvgIpc) is 3.37. The Hall–Kier alpha value is -1.80. The second-order valence-corrected chi connectivity index (χ2v) is 12.2. The zero-order chi connectivity index (χ0) is 22.8. The summed E-state index contributed by atoms with van der Waals surface area (Å²) in [5, 5.41) is 0.697. The molecule has 0 radical (unpaired) electrons. The van der Waals surface area contributed by atoms with Crippen molar-refractivity contribution in [2.45, 2.75) is 71.6 Å². The van der Waals surface area contributed by atoms with E-state index in [9.17, 15) is 4.79 Å². The van der Waals surface area contributed by atoms with Gasteiger partial charge in [-0.05, 0) is 110 Å².